The van der Waals surface area contributed by atoms with Crippen LogP contribution in [-0.2, 0) is 9.59 Å². The summed E-state index contributed by atoms with van der Waals surface area (Å²) in [5, 5.41) is 20.4. The van der Waals surface area contributed by atoms with Crippen molar-refractivity contribution in [3.05, 3.63) is 11.9 Å². The molecule has 1 saturated heterocycles. The second-order valence-corrected chi connectivity index (χ2v) is 6.88. The number of carboxylic acid groups (broad SMARTS) is 1. The standard InChI is InChI=1S/C16H28N6O3/c1-11(2)9-12(17)13-10-22(20-19-13)14(3-4-15(23)24)16(25)21-7-5-18-6-8-21/h10-12,14,18H,3-9,17H2,1-2H3,(H,23,24)/t12?,14-/m0/s1. The number of amides is 1. The SMILES string of the molecule is CC(C)CC(N)c1cn([C@@H](CCC(=O)O)C(=O)N2CCNCC2)nn1. The van der Waals surface area contributed by atoms with E-state index >= 15 is 0 Å². The molecule has 9 nitrogen and oxygen atoms in total. The van der Waals surface area contributed by atoms with Gasteiger partial charge in [-0.15, -0.1) is 5.10 Å². The lowest BCUT2D eigenvalue weighted by molar-refractivity contribution is -0.139. The molecule has 1 fully saturated rings. The first-order valence-electron chi connectivity index (χ1n) is 8.77. The van der Waals surface area contributed by atoms with Gasteiger partial charge in [-0.3, -0.25) is 9.59 Å². The first kappa shape index (κ1) is 19.3. The van der Waals surface area contributed by atoms with Crippen molar-refractivity contribution in [1.29, 1.82) is 0 Å². The minimum absolute atomic E-state index is 0.101. The molecule has 140 valence electrons. The third-order valence-electron chi connectivity index (χ3n) is 4.30. The van der Waals surface area contributed by atoms with Gasteiger partial charge in [0.25, 0.3) is 0 Å². The maximum atomic E-state index is 12.9. The molecular weight excluding hydrogens is 324 g/mol. The number of piperazine rings is 1. The summed E-state index contributed by atoms with van der Waals surface area (Å²) < 4.78 is 1.48. The van der Waals surface area contributed by atoms with Crippen LogP contribution in [0.2, 0.25) is 0 Å². The lowest BCUT2D eigenvalue weighted by Crippen LogP contribution is -2.48. The number of carboxylic acids is 1. The van der Waals surface area contributed by atoms with Gasteiger partial charge in [0, 0.05) is 32.6 Å². The summed E-state index contributed by atoms with van der Waals surface area (Å²) in [6.45, 7) is 6.84. The van der Waals surface area contributed by atoms with Gasteiger partial charge in [-0.2, -0.15) is 0 Å². The lowest BCUT2D eigenvalue weighted by Gasteiger charge is -2.30. The van der Waals surface area contributed by atoms with Crippen LogP contribution in [0.25, 0.3) is 0 Å². The zero-order chi connectivity index (χ0) is 18.4. The molecule has 0 aliphatic carbocycles. The summed E-state index contributed by atoms with van der Waals surface area (Å²) in [6, 6.07) is -0.912. The first-order chi connectivity index (χ1) is 11.9. The maximum Gasteiger partial charge on any atom is 0.303 e. The fraction of sp³-hybridized carbons (Fsp3) is 0.750. The summed E-state index contributed by atoms with van der Waals surface area (Å²) in [4.78, 5) is 25.6. The van der Waals surface area contributed by atoms with Crippen LogP contribution in [-0.4, -0.2) is 63.1 Å². The molecule has 1 aromatic rings. The van der Waals surface area contributed by atoms with Crippen LogP contribution in [0.1, 0.15) is 50.9 Å². The Morgan fingerprint density at radius 1 is 1.36 bits per heavy atom. The molecule has 0 radical (unpaired) electrons. The van der Waals surface area contributed by atoms with Crippen LogP contribution in [0, 0.1) is 5.92 Å². The Morgan fingerprint density at radius 2 is 2.04 bits per heavy atom. The van der Waals surface area contributed by atoms with E-state index in [9.17, 15) is 9.59 Å². The highest BCUT2D eigenvalue weighted by molar-refractivity contribution is 5.81. The molecule has 0 spiro atoms. The Kier molecular flexibility index (Phi) is 6.89. The number of hydrogen-bond acceptors (Lipinski definition) is 6. The minimum atomic E-state index is -0.935. The predicted octanol–water partition coefficient (Wildman–Crippen LogP) is 0.162. The van der Waals surface area contributed by atoms with E-state index in [1.54, 1.807) is 11.1 Å². The summed E-state index contributed by atoms with van der Waals surface area (Å²) in [5.41, 5.74) is 6.76. The highest BCUT2D eigenvalue weighted by Gasteiger charge is 2.29. The molecule has 0 aromatic carbocycles. The number of nitrogens with two attached hydrogens (primary N) is 1. The Hall–Kier alpha value is -2.00. The van der Waals surface area contributed by atoms with Crippen molar-refractivity contribution in [3.63, 3.8) is 0 Å². The molecular formula is C16H28N6O3. The quantitative estimate of drug-likeness (QED) is 0.608. The molecule has 2 atom stereocenters. The molecule has 1 aliphatic heterocycles. The van der Waals surface area contributed by atoms with Gasteiger partial charge >= 0.3 is 5.97 Å². The van der Waals surface area contributed by atoms with Gasteiger partial charge in [0.05, 0.1) is 17.9 Å². The summed E-state index contributed by atoms with van der Waals surface area (Å²) >= 11 is 0. The highest BCUT2D eigenvalue weighted by Crippen LogP contribution is 2.21. The van der Waals surface area contributed by atoms with Crippen LogP contribution < -0.4 is 11.1 Å². The van der Waals surface area contributed by atoms with E-state index in [0.29, 0.717) is 24.7 Å². The summed E-state index contributed by atoms with van der Waals surface area (Å²) in [5.74, 6) is -0.628. The molecule has 1 amide bonds. The first-order valence-corrected chi connectivity index (χ1v) is 8.77. The molecule has 1 aromatic heterocycles. The summed E-state index contributed by atoms with van der Waals surface area (Å²) in [7, 11) is 0. The van der Waals surface area contributed by atoms with Crippen molar-refractivity contribution in [2.45, 2.75) is 45.2 Å². The molecule has 1 aliphatic rings. The van der Waals surface area contributed by atoms with Gasteiger partial charge in [0.1, 0.15) is 6.04 Å². The normalized spacial score (nSPS) is 17.5. The smallest absolute Gasteiger partial charge is 0.303 e. The Morgan fingerprint density at radius 3 is 2.64 bits per heavy atom. The molecule has 25 heavy (non-hydrogen) atoms. The van der Waals surface area contributed by atoms with Crippen LogP contribution >= 0.6 is 0 Å². The van der Waals surface area contributed by atoms with E-state index in [4.69, 9.17) is 10.8 Å². The number of carbonyl (C=O) groups excluding carboxylic acids is 1. The average Bonchev–Trinajstić information content (AvgIpc) is 3.04. The molecule has 2 heterocycles. The number of carbonyl (C=O) groups is 2. The van der Waals surface area contributed by atoms with E-state index in [1.165, 1.54) is 4.68 Å². The van der Waals surface area contributed by atoms with Crippen molar-refractivity contribution in [3.8, 4) is 0 Å². The van der Waals surface area contributed by atoms with Crippen LogP contribution in [0.3, 0.4) is 0 Å². The molecule has 9 heteroatoms. The lowest BCUT2D eigenvalue weighted by atomic mass is 10.0. The molecule has 4 N–H and O–H groups in total. The minimum Gasteiger partial charge on any atom is -0.481 e. The van der Waals surface area contributed by atoms with Crippen LogP contribution in [0.4, 0.5) is 0 Å². The number of aromatic nitrogens is 3. The van der Waals surface area contributed by atoms with Crippen molar-refractivity contribution in [2.24, 2.45) is 11.7 Å². The zero-order valence-corrected chi connectivity index (χ0v) is 14.9. The largest absolute Gasteiger partial charge is 0.481 e. The summed E-state index contributed by atoms with van der Waals surface area (Å²) in [6.07, 6.45) is 2.53. The second-order valence-electron chi connectivity index (χ2n) is 6.88. The number of nitrogens with zero attached hydrogens (tertiary/aromatic N) is 4. The fourth-order valence-electron chi connectivity index (χ4n) is 2.97. The number of rotatable bonds is 8. The third kappa shape index (κ3) is 5.50. The van der Waals surface area contributed by atoms with E-state index in [-0.39, 0.29) is 24.8 Å². The molecule has 2 rings (SSSR count). The van der Waals surface area contributed by atoms with Gasteiger partial charge in [-0.05, 0) is 18.8 Å². The van der Waals surface area contributed by atoms with Crippen LogP contribution in [0.15, 0.2) is 6.20 Å². The Labute approximate surface area is 147 Å². The highest BCUT2D eigenvalue weighted by atomic mass is 16.4. The Bertz CT molecular complexity index is 582. The molecule has 0 saturated carbocycles. The second kappa shape index (κ2) is 8.91. The number of aliphatic carboxylic acids is 1. The molecule has 0 bridgehead atoms. The van der Waals surface area contributed by atoms with Gasteiger partial charge in [0.2, 0.25) is 5.91 Å². The van der Waals surface area contributed by atoms with E-state index in [0.717, 1.165) is 19.5 Å². The fourth-order valence-corrected chi connectivity index (χ4v) is 2.97. The zero-order valence-electron chi connectivity index (χ0n) is 14.9. The van der Waals surface area contributed by atoms with Crippen LogP contribution in [0.5, 0.6) is 0 Å². The van der Waals surface area contributed by atoms with Crippen molar-refractivity contribution in [2.75, 3.05) is 26.2 Å². The predicted molar refractivity (Wildman–Crippen MR) is 91.8 cm³/mol. The van der Waals surface area contributed by atoms with E-state index in [2.05, 4.69) is 29.5 Å². The third-order valence-corrected chi connectivity index (χ3v) is 4.30. The van der Waals surface area contributed by atoms with Gasteiger partial charge in [-0.25, -0.2) is 4.68 Å². The maximum absolute atomic E-state index is 12.9. The topological polar surface area (TPSA) is 126 Å². The monoisotopic (exact) mass is 352 g/mol. The van der Waals surface area contributed by atoms with Gasteiger partial charge < -0.3 is 21.1 Å². The number of nitrogens with one attached hydrogen (secondary N) is 1. The van der Waals surface area contributed by atoms with Gasteiger partial charge in [0.15, 0.2) is 0 Å². The van der Waals surface area contributed by atoms with Crippen molar-refractivity contribution >= 4 is 11.9 Å². The van der Waals surface area contributed by atoms with Crippen molar-refractivity contribution < 1.29 is 14.7 Å². The van der Waals surface area contributed by atoms with Crippen molar-refractivity contribution in [1.82, 2.24) is 25.2 Å². The van der Waals surface area contributed by atoms with E-state index in [1.807, 2.05) is 0 Å². The van der Waals surface area contributed by atoms with Gasteiger partial charge in [-0.1, -0.05) is 19.1 Å². The average molecular weight is 352 g/mol. The molecule has 1 unspecified atom stereocenters. The van der Waals surface area contributed by atoms with E-state index < -0.39 is 12.0 Å². The Balaban J connectivity index is 2.15. The number of hydrogen-bond donors (Lipinski definition) is 3.